The molecule has 0 aliphatic heterocycles. The number of ether oxygens (including phenoxy) is 2. The van der Waals surface area contributed by atoms with E-state index in [-0.39, 0.29) is 31.2 Å². The Bertz CT molecular complexity index is 921. The summed E-state index contributed by atoms with van der Waals surface area (Å²) in [6, 6.07) is 12.5. The van der Waals surface area contributed by atoms with Crippen LogP contribution in [0.1, 0.15) is 12.8 Å². The van der Waals surface area contributed by atoms with Gasteiger partial charge in [-0.3, -0.25) is 9.10 Å². The van der Waals surface area contributed by atoms with Gasteiger partial charge in [0.1, 0.15) is 12.4 Å². The quantitative estimate of drug-likeness (QED) is 0.561. The highest BCUT2D eigenvalue weighted by Crippen LogP contribution is 2.25. The zero-order valence-electron chi connectivity index (χ0n) is 16.4. The molecule has 0 fully saturated rings. The van der Waals surface area contributed by atoms with E-state index in [9.17, 15) is 17.6 Å². The Hall–Kier alpha value is -2.81. The molecule has 0 radical (unpaired) electrons. The Morgan fingerprint density at radius 3 is 2.52 bits per heavy atom. The first-order valence-corrected chi connectivity index (χ1v) is 10.9. The number of anilines is 1. The van der Waals surface area contributed by atoms with Gasteiger partial charge in [0.25, 0.3) is 0 Å². The van der Waals surface area contributed by atoms with Gasteiger partial charge in [-0.1, -0.05) is 18.2 Å². The molecule has 0 unspecified atom stereocenters. The van der Waals surface area contributed by atoms with Crippen LogP contribution in [0.25, 0.3) is 0 Å². The SMILES string of the molecule is COc1ccccc1OCCNC(=O)CCCN(c1cccc(F)c1)S(C)(=O)=O. The van der Waals surface area contributed by atoms with E-state index in [4.69, 9.17) is 9.47 Å². The van der Waals surface area contributed by atoms with Crippen LogP contribution in [0.3, 0.4) is 0 Å². The summed E-state index contributed by atoms with van der Waals surface area (Å²) in [6.07, 6.45) is 1.48. The highest BCUT2D eigenvalue weighted by Gasteiger charge is 2.18. The fourth-order valence-corrected chi connectivity index (χ4v) is 3.64. The normalized spacial score (nSPS) is 11.0. The van der Waals surface area contributed by atoms with Crippen molar-refractivity contribution in [3.05, 3.63) is 54.3 Å². The van der Waals surface area contributed by atoms with Crippen molar-refractivity contribution in [1.29, 1.82) is 0 Å². The fraction of sp³-hybridized carbons (Fsp3) is 0.350. The topological polar surface area (TPSA) is 84.9 Å². The van der Waals surface area contributed by atoms with Gasteiger partial charge in [0.05, 0.1) is 25.6 Å². The maximum atomic E-state index is 13.4. The Kier molecular flexibility index (Phi) is 8.26. The Morgan fingerprint density at radius 2 is 1.86 bits per heavy atom. The zero-order valence-corrected chi connectivity index (χ0v) is 17.2. The van der Waals surface area contributed by atoms with Gasteiger partial charge in [-0.15, -0.1) is 0 Å². The maximum absolute atomic E-state index is 13.4. The number of hydrogen-bond donors (Lipinski definition) is 1. The number of nitrogens with zero attached hydrogens (tertiary/aromatic N) is 1. The smallest absolute Gasteiger partial charge is 0.232 e. The van der Waals surface area contributed by atoms with E-state index < -0.39 is 15.8 Å². The van der Waals surface area contributed by atoms with Crippen LogP contribution in [0.5, 0.6) is 11.5 Å². The van der Waals surface area contributed by atoms with Crippen molar-refractivity contribution in [2.75, 3.05) is 37.4 Å². The highest BCUT2D eigenvalue weighted by molar-refractivity contribution is 7.92. The summed E-state index contributed by atoms with van der Waals surface area (Å²) in [6.45, 7) is 0.648. The second-order valence-electron chi connectivity index (χ2n) is 6.27. The molecule has 2 rings (SSSR count). The largest absolute Gasteiger partial charge is 0.493 e. The molecule has 7 nitrogen and oxygen atoms in total. The van der Waals surface area contributed by atoms with Crippen LogP contribution in [-0.4, -0.2) is 47.4 Å². The first-order chi connectivity index (χ1) is 13.8. The third kappa shape index (κ3) is 7.26. The van der Waals surface area contributed by atoms with Crippen LogP contribution in [0.15, 0.2) is 48.5 Å². The van der Waals surface area contributed by atoms with Crippen LogP contribution in [0, 0.1) is 5.82 Å². The van der Waals surface area contributed by atoms with Crippen molar-refractivity contribution in [2.45, 2.75) is 12.8 Å². The van der Waals surface area contributed by atoms with Crippen LogP contribution >= 0.6 is 0 Å². The summed E-state index contributed by atoms with van der Waals surface area (Å²) in [4.78, 5) is 12.0. The molecule has 29 heavy (non-hydrogen) atoms. The Morgan fingerprint density at radius 1 is 1.14 bits per heavy atom. The number of nitrogens with one attached hydrogen (secondary N) is 1. The lowest BCUT2D eigenvalue weighted by atomic mass is 10.2. The summed E-state index contributed by atoms with van der Waals surface area (Å²) in [5.41, 5.74) is 0.234. The zero-order chi connectivity index (χ0) is 21.3. The van der Waals surface area contributed by atoms with Crippen molar-refractivity contribution in [3.8, 4) is 11.5 Å². The molecule has 0 atom stereocenters. The van der Waals surface area contributed by atoms with E-state index in [0.717, 1.165) is 16.6 Å². The molecule has 1 N–H and O–H groups in total. The van der Waals surface area contributed by atoms with E-state index in [0.29, 0.717) is 24.5 Å². The van der Waals surface area contributed by atoms with Crippen molar-refractivity contribution >= 4 is 21.6 Å². The first-order valence-electron chi connectivity index (χ1n) is 9.07. The third-order valence-corrected chi connectivity index (χ3v) is 5.21. The van der Waals surface area contributed by atoms with E-state index in [1.54, 1.807) is 19.2 Å². The van der Waals surface area contributed by atoms with Gasteiger partial charge >= 0.3 is 0 Å². The second kappa shape index (κ2) is 10.7. The number of halogens is 1. The van der Waals surface area contributed by atoms with Gasteiger partial charge in [0, 0.05) is 13.0 Å². The van der Waals surface area contributed by atoms with Crippen molar-refractivity contribution in [3.63, 3.8) is 0 Å². The van der Waals surface area contributed by atoms with Gasteiger partial charge in [0.15, 0.2) is 11.5 Å². The van der Waals surface area contributed by atoms with Gasteiger partial charge < -0.3 is 14.8 Å². The first kappa shape index (κ1) is 22.5. The number of rotatable bonds is 11. The number of methoxy groups -OCH3 is 1. The van der Waals surface area contributed by atoms with Crippen LogP contribution < -0.4 is 19.1 Å². The molecule has 2 aromatic carbocycles. The molecule has 0 aliphatic carbocycles. The molecule has 0 bridgehead atoms. The summed E-state index contributed by atoms with van der Waals surface area (Å²) >= 11 is 0. The minimum Gasteiger partial charge on any atom is -0.493 e. The van der Waals surface area contributed by atoms with E-state index >= 15 is 0 Å². The van der Waals surface area contributed by atoms with Crippen molar-refractivity contribution in [2.24, 2.45) is 0 Å². The van der Waals surface area contributed by atoms with Gasteiger partial charge in [-0.2, -0.15) is 0 Å². The molecule has 158 valence electrons. The van der Waals surface area contributed by atoms with Gasteiger partial charge in [0.2, 0.25) is 15.9 Å². The average Bonchev–Trinajstić information content (AvgIpc) is 2.68. The standard InChI is InChI=1S/C20H25FN2O5S/c1-27-18-9-3-4-10-19(18)28-14-12-22-20(24)11-6-13-23(29(2,25)26)17-8-5-7-16(21)15-17/h3-5,7-10,15H,6,11-14H2,1-2H3,(H,22,24). The molecular weight excluding hydrogens is 399 g/mol. The predicted octanol–water partition coefficient (Wildman–Crippen LogP) is 2.58. The number of carbonyl (C=O) groups is 1. The highest BCUT2D eigenvalue weighted by atomic mass is 32.2. The summed E-state index contributed by atoms with van der Waals surface area (Å²) < 4.78 is 49.2. The number of sulfonamides is 1. The van der Waals surface area contributed by atoms with Crippen LogP contribution in [-0.2, 0) is 14.8 Å². The number of benzene rings is 2. The minimum atomic E-state index is -3.59. The minimum absolute atomic E-state index is 0.0768. The number of carbonyl (C=O) groups excluding carboxylic acids is 1. The van der Waals surface area contributed by atoms with E-state index in [2.05, 4.69) is 5.32 Å². The molecule has 1 amide bonds. The predicted molar refractivity (Wildman–Crippen MR) is 109 cm³/mol. The number of para-hydroxylation sites is 2. The third-order valence-electron chi connectivity index (χ3n) is 4.01. The lowest BCUT2D eigenvalue weighted by Gasteiger charge is -2.22. The molecule has 0 heterocycles. The van der Waals surface area contributed by atoms with Crippen molar-refractivity contribution in [1.82, 2.24) is 5.32 Å². The lowest BCUT2D eigenvalue weighted by molar-refractivity contribution is -0.121. The Balaban J connectivity index is 1.76. The number of amides is 1. The summed E-state index contributed by atoms with van der Waals surface area (Å²) in [7, 11) is -2.04. The van der Waals surface area contributed by atoms with Crippen LogP contribution in [0.2, 0.25) is 0 Å². The fourth-order valence-electron chi connectivity index (χ4n) is 2.68. The molecule has 0 saturated heterocycles. The molecule has 9 heteroatoms. The molecule has 0 aromatic heterocycles. The van der Waals surface area contributed by atoms with Gasteiger partial charge in [-0.25, -0.2) is 12.8 Å². The molecule has 0 saturated carbocycles. The number of hydrogen-bond acceptors (Lipinski definition) is 5. The molecular formula is C20H25FN2O5S. The van der Waals surface area contributed by atoms with Crippen LogP contribution in [0.4, 0.5) is 10.1 Å². The summed E-state index contributed by atoms with van der Waals surface area (Å²) in [5.74, 6) is 0.449. The van der Waals surface area contributed by atoms with E-state index in [1.165, 1.54) is 18.2 Å². The van der Waals surface area contributed by atoms with Crippen molar-refractivity contribution < 1.29 is 27.1 Å². The molecule has 2 aromatic rings. The second-order valence-corrected chi connectivity index (χ2v) is 8.17. The van der Waals surface area contributed by atoms with Gasteiger partial charge in [-0.05, 0) is 36.8 Å². The maximum Gasteiger partial charge on any atom is 0.232 e. The summed E-state index contributed by atoms with van der Waals surface area (Å²) in [5, 5.41) is 2.72. The van der Waals surface area contributed by atoms with E-state index in [1.807, 2.05) is 12.1 Å². The monoisotopic (exact) mass is 424 g/mol. The Labute approximate surface area is 170 Å². The average molecular weight is 424 g/mol. The molecule has 0 spiro atoms. The molecule has 0 aliphatic rings. The lowest BCUT2D eigenvalue weighted by Crippen LogP contribution is -2.33.